The summed E-state index contributed by atoms with van der Waals surface area (Å²) < 4.78 is 0.793. The van der Waals surface area contributed by atoms with Gasteiger partial charge in [-0.1, -0.05) is 51.8 Å². The summed E-state index contributed by atoms with van der Waals surface area (Å²) in [4.78, 5) is 38.3. The molecule has 2 aromatic rings. The van der Waals surface area contributed by atoms with Gasteiger partial charge >= 0.3 is 6.03 Å². The molecular formula is C19H17BrClN3O3. The second-order valence-electron chi connectivity index (χ2n) is 6.36. The number of nitrogens with one attached hydrogen (secondary N) is 2. The fourth-order valence-electron chi connectivity index (χ4n) is 2.88. The number of carbonyl (C=O) groups excluding carboxylic acids is 3. The Hall–Kier alpha value is -2.38. The van der Waals surface area contributed by atoms with E-state index in [1.165, 1.54) is 0 Å². The van der Waals surface area contributed by atoms with Crippen LogP contribution in [0.25, 0.3) is 0 Å². The maximum Gasteiger partial charge on any atom is 0.325 e. The molecule has 0 saturated carbocycles. The first-order chi connectivity index (χ1) is 12.8. The first-order valence-electron chi connectivity index (χ1n) is 8.21. The molecule has 1 aliphatic heterocycles. The molecule has 2 aromatic carbocycles. The van der Waals surface area contributed by atoms with Gasteiger partial charge < -0.3 is 10.6 Å². The number of rotatable bonds is 5. The molecule has 140 valence electrons. The Balaban J connectivity index is 1.67. The van der Waals surface area contributed by atoms with E-state index in [1.807, 2.05) is 12.1 Å². The standard InChI is InChI=1S/C19H17BrClN3O3/c1-19(13-5-3-6-14(20)9-13)17(26)24(18(27)23-19)11-16(25)22-10-12-4-2-7-15(21)8-12/h2-9H,10-11H2,1H3,(H,22,25)(H,23,27). The van der Waals surface area contributed by atoms with E-state index >= 15 is 0 Å². The topological polar surface area (TPSA) is 78.5 Å². The van der Waals surface area contributed by atoms with Crippen LogP contribution in [0.4, 0.5) is 4.79 Å². The van der Waals surface area contributed by atoms with Crippen LogP contribution >= 0.6 is 27.5 Å². The van der Waals surface area contributed by atoms with E-state index in [1.54, 1.807) is 43.3 Å². The number of benzene rings is 2. The van der Waals surface area contributed by atoms with Crippen molar-refractivity contribution in [2.45, 2.75) is 19.0 Å². The summed E-state index contributed by atoms with van der Waals surface area (Å²) in [6.45, 7) is 1.53. The molecule has 0 spiro atoms. The van der Waals surface area contributed by atoms with Gasteiger partial charge in [0.1, 0.15) is 12.1 Å². The van der Waals surface area contributed by atoms with Crippen LogP contribution in [0, 0.1) is 0 Å². The highest BCUT2D eigenvalue weighted by molar-refractivity contribution is 9.10. The van der Waals surface area contributed by atoms with Gasteiger partial charge in [0.25, 0.3) is 5.91 Å². The van der Waals surface area contributed by atoms with E-state index in [9.17, 15) is 14.4 Å². The summed E-state index contributed by atoms with van der Waals surface area (Å²) in [6.07, 6.45) is 0. The minimum absolute atomic E-state index is 0.256. The highest BCUT2D eigenvalue weighted by atomic mass is 79.9. The molecule has 1 atom stereocenters. The molecule has 27 heavy (non-hydrogen) atoms. The highest BCUT2D eigenvalue weighted by Crippen LogP contribution is 2.30. The average molecular weight is 451 g/mol. The predicted octanol–water partition coefficient (Wildman–Crippen LogP) is 3.19. The van der Waals surface area contributed by atoms with Crippen LogP contribution < -0.4 is 10.6 Å². The summed E-state index contributed by atoms with van der Waals surface area (Å²) >= 11 is 9.28. The lowest BCUT2D eigenvalue weighted by atomic mass is 9.92. The Kier molecular flexibility index (Phi) is 5.53. The third-order valence-electron chi connectivity index (χ3n) is 4.36. The minimum atomic E-state index is -1.21. The number of carbonyl (C=O) groups is 3. The molecule has 0 aliphatic carbocycles. The zero-order valence-corrected chi connectivity index (χ0v) is 16.8. The van der Waals surface area contributed by atoms with Crippen LogP contribution in [0.5, 0.6) is 0 Å². The number of amides is 4. The molecule has 1 aliphatic rings. The summed E-state index contributed by atoms with van der Waals surface area (Å²) in [5.74, 6) is -0.902. The first kappa shape index (κ1) is 19.4. The van der Waals surface area contributed by atoms with Crippen LogP contribution in [0.2, 0.25) is 5.02 Å². The summed E-state index contributed by atoms with van der Waals surface area (Å²) in [5, 5.41) is 5.94. The lowest BCUT2D eigenvalue weighted by Crippen LogP contribution is -2.43. The van der Waals surface area contributed by atoms with Crippen molar-refractivity contribution in [2.75, 3.05) is 6.54 Å². The van der Waals surface area contributed by atoms with E-state index in [4.69, 9.17) is 11.6 Å². The maximum atomic E-state index is 12.8. The van der Waals surface area contributed by atoms with E-state index in [-0.39, 0.29) is 13.1 Å². The van der Waals surface area contributed by atoms with Crippen LogP contribution in [-0.2, 0) is 21.7 Å². The second-order valence-corrected chi connectivity index (χ2v) is 7.72. The second kappa shape index (κ2) is 7.70. The van der Waals surface area contributed by atoms with Crippen molar-refractivity contribution in [3.63, 3.8) is 0 Å². The Morgan fingerprint density at radius 3 is 2.67 bits per heavy atom. The number of nitrogens with zero attached hydrogens (tertiary/aromatic N) is 1. The number of hydrogen-bond acceptors (Lipinski definition) is 3. The molecule has 2 N–H and O–H groups in total. The SMILES string of the molecule is CC1(c2cccc(Br)c2)NC(=O)N(CC(=O)NCc2cccc(Cl)c2)C1=O. The van der Waals surface area contributed by atoms with Gasteiger partial charge in [0.15, 0.2) is 0 Å². The molecule has 1 heterocycles. The molecule has 0 aromatic heterocycles. The van der Waals surface area contributed by atoms with Gasteiger partial charge in [0, 0.05) is 16.0 Å². The lowest BCUT2D eigenvalue weighted by molar-refractivity contribution is -0.134. The van der Waals surface area contributed by atoms with Crippen molar-refractivity contribution in [3.8, 4) is 0 Å². The van der Waals surface area contributed by atoms with E-state index in [2.05, 4.69) is 26.6 Å². The van der Waals surface area contributed by atoms with E-state index in [0.29, 0.717) is 10.6 Å². The summed E-state index contributed by atoms with van der Waals surface area (Å²) in [7, 11) is 0. The van der Waals surface area contributed by atoms with Crippen molar-refractivity contribution in [3.05, 3.63) is 69.2 Å². The van der Waals surface area contributed by atoms with Crippen molar-refractivity contribution >= 4 is 45.4 Å². The zero-order valence-electron chi connectivity index (χ0n) is 14.5. The third kappa shape index (κ3) is 4.14. The molecular weight excluding hydrogens is 434 g/mol. The van der Waals surface area contributed by atoms with Crippen LogP contribution in [0.3, 0.4) is 0 Å². The zero-order chi connectivity index (χ0) is 19.6. The molecule has 3 rings (SSSR count). The van der Waals surface area contributed by atoms with Gasteiger partial charge in [-0.3, -0.25) is 14.5 Å². The van der Waals surface area contributed by atoms with Crippen molar-refractivity contribution < 1.29 is 14.4 Å². The molecule has 0 bridgehead atoms. The normalized spacial score (nSPS) is 19.1. The van der Waals surface area contributed by atoms with Gasteiger partial charge in [-0.05, 0) is 42.3 Å². The molecule has 1 unspecified atom stereocenters. The molecule has 1 fully saturated rings. The van der Waals surface area contributed by atoms with Crippen molar-refractivity contribution in [1.82, 2.24) is 15.5 Å². The predicted molar refractivity (Wildman–Crippen MR) is 105 cm³/mol. The van der Waals surface area contributed by atoms with Crippen LogP contribution in [-0.4, -0.2) is 29.3 Å². The average Bonchev–Trinajstić information content (AvgIpc) is 2.84. The quantitative estimate of drug-likeness (QED) is 0.687. The largest absolute Gasteiger partial charge is 0.350 e. The van der Waals surface area contributed by atoms with E-state index in [0.717, 1.165) is 14.9 Å². The lowest BCUT2D eigenvalue weighted by Gasteiger charge is -2.22. The first-order valence-corrected chi connectivity index (χ1v) is 9.38. The highest BCUT2D eigenvalue weighted by Gasteiger charge is 2.49. The van der Waals surface area contributed by atoms with Gasteiger partial charge in [-0.25, -0.2) is 4.79 Å². The molecule has 6 nitrogen and oxygen atoms in total. The Morgan fingerprint density at radius 2 is 1.96 bits per heavy atom. The fourth-order valence-corrected chi connectivity index (χ4v) is 3.49. The Morgan fingerprint density at radius 1 is 1.22 bits per heavy atom. The number of halogens is 2. The van der Waals surface area contributed by atoms with Gasteiger partial charge in [0.2, 0.25) is 5.91 Å². The Labute approximate surface area is 170 Å². The number of hydrogen-bond donors (Lipinski definition) is 2. The van der Waals surface area contributed by atoms with E-state index < -0.39 is 23.4 Å². The molecule has 0 radical (unpaired) electrons. The van der Waals surface area contributed by atoms with Gasteiger partial charge in [0.05, 0.1) is 0 Å². The van der Waals surface area contributed by atoms with Crippen LogP contribution in [0.15, 0.2) is 53.0 Å². The van der Waals surface area contributed by atoms with Crippen molar-refractivity contribution in [2.24, 2.45) is 0 Å². The van der Waals surface area contributed by atoms with Crippen molar-refractivity contribution in [1.29, 1.82) is 0 Å². The van der Waals surface area contributed by atoms with Gasteiger partial charge in [-0.15, -0.1) is 0 Å². The third-order valence-corrected chi connectivity index (χ3v) is 5.09. The summed E-state index contributed by atoms with van der Waals surface area (Å²) in [6, 6.07) is 13.6. The minimum Gasteiger partial charge on any atom is -0.350 e. The monoisotopic (exact) mass is 449 g/mol. The molecule has 4 amide bonds. The Bertz CT molecular complexity index is 921. The summed E-state index contributed by atoms with van der Waals surface area (Å²) in [5.41, 5.74) is 0.248. The van der Waals surface area contributed by atoms with Crippen LogP contribution in [0.1, 0.15) is 18.1 Å². The number of urea groups is 1. The smallest absolute Gasteiger partial charge is 0.325 e. The maximum absolute atomic E-state index is 12.8. The van der Waals surface area contributed by atoms with Gasteiger partial charge in [-0.2, -0.15) is 0 Å². The molecule has 8 heteroatoms. The fraction of sp³-hybridized carbons (Fsp3) is 0.211. The molecule has 1 saturated heterocycles. The number of imide groups is 1.